The zero-order chi connectivity index (χ0) is 17.6. The molecule has 2 aromatic heterocycles. The Bertz CT molecular complexity index is 937. The van der Waals surface area contributed by atoms with Gasteiger partial charge in [-0.2, -0.15) is 5.10 Å². The molecule has 0 bridgehead atoms. The quantitative estimate of drug-likeness (QED) is 0.668. The fourth-order valence-corrected chi connectivity index (χ4v) is 3.68. The molecule has 0 amide bonds. The van der Waals surface area contributed by atoms with Gasteiger partial charge in [-0.05, 0) is 32.0 Å². The molecule has 1 aromatic carbocycles. The lowest BCUT2D eigenvalue weighted by Gasteiger charge is -2.27. The third-order valence-electron chi connectivity index (χ3n) is 4.89. The van der Waals surface area contributed by atoms with Gasteiger partial charge >= 0.3 is 0 Å². The van der Waals surface area contributed by atoms with E-state index in [9.17, 15) is 0 Å². The zero-order valence-electron chi connectivity index (χ0n) is 14.7. The molecule has 0 aliphatic carbocycles. The molecule has 25 heavy (non-hydrogen) atoms. The van der Waals surface area contributed by atoms with Gasteiger partial charge < -0.3 is 4.57 Å². The van der Waals surface area contributed by atoms with Crippen LogP contribution in [0.3, 0.4) is 0 Å². The molecule has 1 unspecified atom stereocenters. The van der Waals surface area contributed by atoms with Gasteiger partial charge in [0.15, 0.2) is 0 Å². The van der Waals surface area contributed by atoms with E-state index in [1.165, 1.54) is 0 Å². The molecule has 1 atom stereocenters. The SMILES string of the molecule is CC(C)N1CC=CC1c1nn(Cc2nccn2C)c2cc(Cl)ccc12. The van der Waals surface area contributed by atoms with Gasteiger partial charge in [-0.3, -0.25) is 9.58 Å². The minimum absolute atomic E-state index is 0.200. The lowest BCUT2D eigenvalue weighted by Crippen LogP contribution is -2.31. The van der Waals surface area contributed by atoms with Crippen LogP contribution in [-0.2, 0) is 13.6 Å². The number of benzene rings is 1. The number of aryl methyl sites for hydroxylation is 1. The van der Waals surface area contributed by atoms with Crippen molar-refractivity contribution in [3.63, 3.8) is 0 Å². The first kappa shape index (κ1) is 16.4. The smallest absolute Gasteiger partial charge is 0.130 e. The Balaban J connectivity index is 1.83. The number of nitrogens with zero attached hydrogens (tertiary/aromatic N) is 5. The highest BCUT2D eigenvalue weighted by Gasteiger charge is 2.28. The van der Waals surface area contributed by atoms with Crippen molar-refractivity contribution in [1.29, 1.82) is 0 Å². The first-order chi connectivity index (χ1) is 12.0. The summed E-state index contributed by atoms with van der Waals surface area (Å²) >= 11 is 6.27. The van der Waals surface area contributed by atoms with Gasteiger partial charge in [-0.25, -0.2) is 4.98 Å². The second-order valence-electron chi connectivity index (χ2n) is 6.82. The van der Waals surface area contributed by atoms with E-state index in [1.54, 1.807) is 0 Å². The Labute approximate surface area is 152 Å². The van der Waals surface area contributed by atoms with Crippen LogP contribution in [0.4, 0.5) is 0 Å². The van der Waals surface area contributed by atoms with Crippen LogP contribution in [-0.4, -0.2) is 36.8 Å². The summed E-state index contributed by atoms with van der Waals surface area (Å²) in [5.74, 6) is 0.971. The van der Waals surface area contributed by atoms with E-state index in [4.69, 9.17) is 16.7 Å². The van der Waals surface area contributed by atoms with Crippen LogP contribution >= 0.6 is 11.6 Å². The van der Waals surface area contributed by atoms with E-state index in [2.05, 4.69) is 41.9 Å². The van der Waals surface area contributed by atoms with Gasteiger partial charge in [0, 0.05) is 42.4 Å². The average Bonchev–Trinajstić information content (AvgIpc) is 3.27. The highest BCUT2D eigenvalue weighted by Crippen LogP contribution is 2.34. The highest BCUT2D eigenvalue weighted by atomic mass is 35.5. The number of hydrogen-bond donors (Lipinski definition) is 0. The molecular weight excluding hydrogens is 334 g/mol. The van der Waals surface area contributed by atoms with Crippen LogP contribution in [0.25, 0.3) is 10.9 Å². The Hall–Kier alpha value is -2.11. The van der Waals surface area contributed by atoms with E-state index in [-0.39, 0.29) is 6.04 Å². The first-order valence-corrected chi connectivity index (χ1v) is 8.97. The lowest BCUT2D eigenvalue weighted by atomic mass is 10.1. The summed E-state index contributed by atoms with van der Waals surface area (Å²) < 4.78 is 4.04. The summed E-state index contributed by atoms with van der Waals surface area (Å²) in [6, 6.07) is 6.68. The number of aromatic nitrogens is 4. The molecule has 1 aliphatic heterocycles. The summed E-state index contributed by atoms with van der Waals surface area (Å²) in [6.45, 7) is 6.04. The second kappa shape index (κ2) is 6.32. The van der Waals surface area contributed by atoms with Crippen LogP contribution in [0.1, 0.15) is 31.4 Å². The molecule has 3 aromatic rings. The minimum atomic E-state index is 0.200. The van der Waals surface area contributed by atoms with Crippen LogP contribution in [0, 0.1) is 0 Å². The summed E-state index contributed by atoms with van der Waals surface area (Å²) in [7, 11) is 2.00. The van der Waals surface area contributed by atoms with E-state index < -0.39 is 0 Å². The fraction of sp³-hybridized carbons (Fsp3) is 0.368. The Morgan fingerprint density at radius 3 is 2.88 bits per heavy atom. The number of hydrogen-bond acceptors (Lipinski definition) is 3. The second-order valence-corrected chi connectivity index (χ2v) is 7.26. The van der Waals surface area contributed by atoms with E-state index in [0.717, 1.165) is 34.0 Å². The minimum Gasteiger partial charge on any atom is -0.336 e. The maximum atomic E-state index is 6.27. The molecule has 0 spiro atoms. The molecule has 0 saturated heterocycles. The number of imidazole rings is 1. The lowest BCUT2D eigenvalue weighted by molar-refractivity contribution is 0.218. The third-order valence-corrected chi connectivity index (χ3v) is 5.12. The van der Waals surface area contributed by atoms with Crippen molar-refractivity contribution < 1.29 is 0 Å². The zero-order valence-corrected chi connectivity index (χ0v) is 15.5. The van der Waals surface area contributed by atoms with Gasteiger partial charge in [-0.15, -0.1) is 0 Å². The normalized spacial score (nSPS) is 18.0. The average molecular weight is 356 g/mol. The fourth-order valence-electron chi connectivity index (χ4n) is 3.51. The molecular formula is C19H22ClN5. The van der Waals surface area contributed by atoms with Crippen molar-refractivity contribution in [2.24, 2.45) is 7.05 Å². The molecule has 1 aliphatic rings. The van der Waals surface area contributed by atoms with Crippen LogP contribution in [0.5, 0.6) is 0 Å². The summed E-state index contributed by atoms with van der Waals surface area (Å²) in [6.07, 6.45) is 8.25. The number of fused-ring (bicyclic) bond motifs is 1. The maximum Gasteiger partial charge on any atom is 0.130 e. The molecule has 0 fully saturated rings. The highest BCUT2D eigenvalue weighted by molar-refractivity contribution is 6.31. The topological polar surface area (TPSA) is 38.9 Å². The maximum absolute atomic E-state index is 6.27. The molecule has 4 rings (SSSR count). The van der Waals surface area contributed by atoms with Crippen molar-refractivity contribution in [3.05, 3.63) is 59.3 Å². The van der Waals surface area contributed by atoms with Crippen LogP contribution in [0.2, 0.25) is 5.02 Å². The van der Waals surface area contributed by atoms with Crippen LogP contribution in [0.15, 0.2) is 42.7 Å². The standard InChI is InChI=1S/C19H22ClN5/c1-13(2)24-9-4-5-16(24)19-15-7-6-14(20)11-17(15)25(22-19)12-18-21-8-10-23(18)3/h4-8,10-11,13,16H,9,12H2,1-3H3. The molecule has 6 heteroatoms. The Morgan fingerprint density at radius 2 is 2.16 bits per heavy atom. The Kier molecular flexibility index (Phi) is 4.13. The molecule has 0 saturated carbocycles. The summed E-state index contributed by atoms with van der Waals surface area (Å²) in [5.41, 5.74) is 2.14. The largest absolute Gasteiger partial charge is 0.336 e. The molecule has 3 heterocycles. The van der Waals surface area contributed by atoms with E-state index >= 15 is 0 Å². The summed E-state index contributed by atoms with van der Waals surface area (Å²) in [5, 5.41) is 6.85. The third kappa shape index (κ3) is 2.87. The predicted molar refractivity (Wildman–Crippen MR) is 101 cm³/mol. The van der Waals surface area contributed by atoms with Crippen molar-refractivity contribution in [2.75, 3.05) is 6.54 Å². The monoisotopic (exact) mass is 355 g/mol. The van der Waals surface area contributed by atoms with Crippen molar-refractivity contribution >= 4 is 22.5 Å². The van der Waals surface area contributed by atoms with Crippen molar-refractivity contribution in [2.45, 2.75) is 32.5 Å². The molecule has 130 valence electrons. The number of halogens is 1. The van der Waals surface area contributed by atoms with Crippen molar-refractivity contribution in [1.82, 2.24) is 24.2 Å². The molecule has 5 nitrogen and oxygen atoms in total. The van der Waals surface area contributed by atoms with Gasteiger partial charge in [0.1, 0.15) is 5.82 Å². The van der Waals surface area contributed by atoms with Gasteiger partial charge in [0.2, 0.25) is 0 Å². The molecule has 0 radical (unpaired) electrons. The van der Waals surface area contributed by atoms with Crippen molar-refractivity contribution in [3.8, 4) is 0 Å². The molecule has 0 N–H and O–H groups in total. The van der Waals surface area contributed by atoms with Gasteiger partial charge in [0.25, 0.3) is 0 Å². The number of rotatable bonds is 4. The van der Waals surface area contributed by atoms with E-state index in [0.29, 0.717) is 12.6 Å². The van der Waals surface area contributed by atoms with Gasteiger partial charge in [0.05, 0.1) is 23.8 Å². The van der Waals surface area contributed by atoms with Gasteiger partial charge in [-0.1, -0.05) is 23.8 Å². The predicted octanol–water partition coefficient (Wildman–Crippen LogP) is 3.79. The Morgan fingerprint density at radius 1 is 1.32 bits per heavy atom. The van der Waals surface area contributed by atoms with Crippen LogP contribution < -0.4 is 0 Å². The first-order valence-electron chi connectivity index (χ1n) is 8.59. The van der Waals surface area contributed by atoms with E-state index in [1.807, 2.05) is 40.8 Å². The summed E-state index contributed by atoms with van der Waals surface area (Å²) in [4.78, 5) is 6.88.